The number of rotatable bonds is 9. The molecule has 4 N–H and O–H groups in total. The van der Waals surface area contributed by atoms with Crippen LogP contribution < -0.4 is 20.9 Å². The number of para-hydroxylation sites is 1. The first-order valence-electron chi connectivity index (χ1n) is 12.2. The van der Waals surface area contributed by atoms with Gasteiger partial charge in [-0.15, -0.1) is 0 Å². The Kier molecular flexibility index (Phi) is 8.23. The molecule has 1 saturated heterocycles. The Labute approximate surface area is 217 Å². The molecule has 0 atom stereocenters. The minimum Gasteiger partial charge on any atom is -0.508 e. The number of hydrogen-bond donors (Lipinski definition) is 4. The number of nitrogens with one attached hydrogen (secondary N) is 3. The second-order valence-electron chi connectivity index (χ2n) is 8.68. The summed E-state index contributed by atoms with van der Waals surface area (Å²) in [5.74, 6) is 0.366. The fraction of sp³-hybridized carbons (Fsp3) is 0.250. The zero-order valence-electron chi connectivity index (χ0n) is 20.9. The van der Waals surface area contributed by atoms with Gasteiger partial charge in [0.1, 0.15) is 17.6 Å². The maximum atomic E-state index is 12.2. The van der Waals surface area contributed by atoms with Crippen LogP contribution in [0.15, 0.2) is 67.4 Å². The lowest BCUT2D eigenvalue weighted by Crippen LogP contribution is -2.46. The lowest BCUT2D eigenvalue weighted by molar-refractivity contribution is -0.111. The molecule has 2 aromatic carbocycles. The van der Waals surface area contributed by atoms with Gasteiger partial charge in [-0.05, 0) is 36.9 Å². The van der Waals surface area contributed by atoms with Crippen molar-refractivity contribution in [2.45, 2.75) is 13.5 Å². The summed E-state index contributed by atoms with van der Waals surface area (Å²) in [7, 11) is 0. The highest BCUT2D eigenvalue weighted by Gasteiger charge is 2.18. The summed E-state index contributed by atoms with van der Waals surface area (Å²) < 4.78 is 0. The largest absolute Gasteiger partial charge is 0.508 e. The normalized spacial score (nSPS) is 13.5. The molecule has 0 aliphatic carbocycles. The number of carbonyl (C=O) groups is 1. The van der Waals surface area contributed by atoms with Gasteiger partial charge in [0.05, 0.1) is 22.6 Å². The Hall–Kier alpha value is -4.55. The molecule has 0 bridgehead atoms. The lowest BCUT2D eigenvalue weighted by Gasteiger charge is -2.35. The van der Waals surface area contributed by atoms with Crippen LogP contribution in [-0.4, -0.2) is 53.6 Å². The summed E-state index contributed by atoms with van der Waals surface area (Å²) in [4.78, 5) is 21.3. The van der Waals surface area contributed by atoms with Crippen molar-refractivity contribution >= 4 is 34.5 Å². The van der Waals surface area contributed by atoms with Crippen molar-refractivity contribution in [3.05, 3.63) is 78.5 Å². The molecule has 9 nitrogen and oxygen atoms in total. The number of nitriles is 1. The molecule has 0 unspecified atom stereocenters. The van der Waals surface area contributed by atoms with E-state index in [1.165, 1.54) is 12.3 Å². The van der Waals surface area contributed by atoms with Crippen molar-refractivity contribution in [1.82, 2.24) is 9.88 Å². The van der Waals surface area contributed by atoms with Gasteiger partial charge in [-0.3, -0.25) is 4.79 Å². The number of pyridine rings is 1. The zero-order chi connectivity index (χ0) is 26.2. The SMILES string of the molecule is C=CC(=O)Nc1cc(N2CCN(CC)CC2)ccc1Nc1cc(NCc2ccccc2O)c(C#N)cn1. The van der Waals surface area contributed by atoms with E-state index in [9.17, 15) is 15.2 Å². The number of likely N-dealkylation sites (N-methyl/N-ethyl adjacent to an activating group) is 1. The van der Waals surface area contributed by atoms with Gasteiger partial charge >= 0.3 is 0 Å². The fourth-order valence-electron chi connectivity index (χ4n) is 4.20. The number of aromatic hydroxyl groups is 1. The van der Waals surface area contributed by atoms with E-state index in [2.05, 4.69) is 50.3 Å². The van der Waals surface area contributed by atoms with E-state index in [1.54, 1.807) is 18.2 Å². The third-order valence-electron chi connectivity index (χ3n) is 6.38. The van der Waals surface area contributed by atoms with E-state index in [0.29, 0.717) is 40.6 Å². The summed E-state index contributed by atoms with van der Waals surface area (Å²) in [5.41, 5.74) is 3.96. The molecule has 1 fully saturated rings. The third-order valence-corrected chi connectivity index (χ3v) is 6.38. The Morgan fingerprint density at radius 2 is 1.92 bits per heavy atom. The van der Waals surface area contributed by atoms with E-state index in [1.807, 2.05) is 30.3 Å². The molecule has 37 heavy (non-hydrogen) atoms. The van der Waals surface area contributed by atoms with Crippen LogP contribution in [0.3, 0.4) is 0 Å². The molecule has 1 amide bonds. The maximum Gasteiger partial charge on any atom is 0.247 e. The first-order valence-corrected chi connectivity index (χ1v) is 12.2. The molecule has 1 aliphatic heterocycles. The van der Waals surface area contributed by atoms with Gasteiger partial charge in [0.2, 0.25) is 5.91 Å². The van der Waals surface area contributed by atoms with Crippen LogP contribution in [0.1, 0.15) is 18.1 Å². The molecule has 190 valence electrons. The van der Waals surface area contributed by atoms with Crippen LogP contribution in [0.4, 0.5) is 28.6 Å². The Balaban J connectivity index is 1.56. The van der Waals surface area contributed by atoms with Crippen molar-refractivity contribution in [2.75, 3.05) is 53.6 Å². The first-order chi connectivity index (χ1) is 18.0. The first kappa shape index (κ1) is 25.5. The fourth-order valence-corrected chi connectivity index (χ4v) is 4.20. The van der Waals surface area contributed by atoms with Crippen molar-refractivity contribution in [3.8, 4) is 11.8 Å². The number of piperazine rings is 1. The topological polar surface area (TPSA) is 117 Å². The minimum atomic E-state index is -0.311. The second-order valence-corrected chi connectivity index (χ2v) is 8.68. The quantitative estimate of drug-likeness (QED) is 0.324. The van der Waals surface area contributed by atoms with Crippen LogP contribution >= 0.6 is 0 Å². The van der Waals surface area contributed by atoms with E-state index < -0.39 is 0 Å². The molecule has 1 aromatic heterocycles. The highest BCUT2D eigenvalue weighted by atomic mass is 16.3. The summed E-state index contributed by atoms with van der Waals surface area (Å²) in [6, 6.07) is 16.8. The summed E-state index contributed by atoms with van der Waals surface area (Å²) in [6.45, 7) is 10.9. The zero-order valence-corrected chi connectivity index (χ0v) is 20.9. The number of carbonyl (C=O) groups excluding carboxylic acids is 1. The predicted molar refractivity (Wildman–Crippen MR) is 147 cm³/mol. The van der Waals surface area contributed by atoms with Gasteiger partial charge in [-0.1, -0.05) is 31.7 Å². The summed E-state index contributed by atoms with van der Waals surface area (Å²) in [6.07, 6.45) is 2.72. The third kappa shape index (κ3) is 6.37. The van der Waals surface area contributed by atoms with Crippen molar-refractivity contribution in [1.29, 1.82) is 5.26 Å². The van der Waals surface area contributed by atoms with Crippen LogP contribution in [0, 0.1) is 11.3 Å². The smallest absolute Gasteiger partial charge is 0.247 e. The predicted octanol–water partition coefficient (Wildman–Crippen LogP) is 4.28. The molecular weight excluding hydrogens is 466 g/mol. The standard InChI is InChI=1S/C28H31N7O2/c1-3-28(37)33-25-15-22(35-13-11-34(4-2)12-14-35)9-10-23(25)32-27-16-24(21(17-29)19-31-27)30-18-20-7-5-6-8-26(20)36/h3,5-10,15-16,19,36H,1,4,11-14,18H2,2H3,(H,33,37)(H2,30,31,32). The number of nitrogens with zero attached hydrogens (tertiary/aromatic N) is 4. The van der Waals surface area contributed by atoms with Crippen LogP contribution in [0.25, 0.3) is 0 Å². The number of aromatic nitrogens is 1. The molecule has 2 heterocycles. The molecule has 4 rings (SSSR count). The summed E-state index contributed by atoms with van der Waals surface area (Å²) in [5, 5.41) is 29.0. The highest BCUT2D eigenvalue weighted by molar-refractivity contribution is 6.02. The molecule has 9 heteroatoms. The lowest BCUT2D eigenvalue weighted by atomic mass is 10.1. The molecular formula is C28H31N7O2. The Morgan fingerprint density at radius 1 is 1.14 bits per heavy atom. The Morgan fingerprint density at radius 3 is 2.62 bits per heavy atom. The average molecular weight is 498 g/mol. The molecule has 0 spiro atoms. The number of phenolic OH excluding ortho intramolecular Hbond substituents is 1. The highest BCUT2D eigenvalue weighted by Crippen LogP contribution is 2.32. The van der Waals surface area contributed by atoms with Crippen LogP contribution in [0.5, 0.6) is 5.75 Å². The van der Waals surface area contributed by atoms with Crippen LogP contribution in [0.2, 0.25) is 0 Å². The number of phenols is 1. The van der Waals surface area contributed by atoms with Gasteiger partial charge in [0.25, 0.3) is 0 Å². The van der Waals surface area contributed by atoms with E-state index in [4.69, 9.17) is 0 Å². The Bertz CT molecular complexity index is 1310. The van der Waals surface area contributed by atoms with E-state index >= 15 is 0 Å². The van der Waals surface area contributed by atoms with Gasteiger partial charge in [-0.25, -0.2) is 4.98 Å². The van der Waals surface area contributed by atoms with E-state index in [0.717, 1.165) is 38.4 Å². The molecule has 0 saturated carbocycles. The number of amides is 1. The second kappa shape index (κ2) is 11.9. The average Bonchev–Trinajstić information content (AvgIpc) is 2.93. The number of benzene rings is 2. The minimum absolute atomic E-state index is 0.180. The van der Waals surface area contributed by atoms with Crippen molar-refractivity contribution in [3.63, 3.8) is 0 Å². The van der Waals surface area contributed by atoms with Crippen LogP contribution in [-0.2, 0) is 11.3 Å². The van der Waals surface area contributed by atoms with Gasteiger partial charge in [0, 0.05) is 56.2 Å². The molecule has 1 aliphatic rings. The van der Waals surface area contributed by atoms with Crippen molar-refractivity contribution in [2.24, 2.45) is 0 Å². The van der Waals surface area contributed by atoms with Gasteiger partial charge in [0.15, 0.2) is 0 Å². The van der Waals surface area contributed by atoms with E-state index in [-0.39, 0.29) is 11.7 Å². The monoisotopic (exact) mass is 497 g/mol. The number of anilines is 5. The van der Waals surface area contributed by atoms with Crippen molar-refractivity contribution < 1.29 is 9.90 Å². The molecule has 0 radical (unpaired) electrons. The summed E-state index contributed by atoms with van der Waals surface area (Å²) >= 11 is 0. The van der Waals surface area contributed by atoms with Gasteiger partial charge < -0.3 is 30.9 Å². The van der Waals surface area contributed by atoms with Gasteiger partial charge in [-0.2, -0.15) is 5.26 Å². The number of hydrogen-bond acceptors (Lipinski definition) is 8. The maximum absolute atomic E-state index is 12.2. The molecule has 3 aromatic rings.